The Morgan fingerprint density at radius 2 is 2.04 bits per heavy atom. The van der Waals surface area contributed by atoms with Crippen LogP contribution in [0.4, 0.5) is 11.5 Å². The first kappa shape index (κ1) is 17.5. The highest BCUT2D eigenvalue weighted by molar-refractivity contribution is 5.78. The Morgan fingerprint density at radius 1 is 1.30 bits per heavy atom. The van der Waals surface area contributed by atoms with Crippen LogP contribution in [0.1, 0.15) is 26.7 Å². The first-order valence-corrected chi connectivity index (χ1v) is 8.41. The number of nitrogens with one attached hydrogen (secondary N) is 2. The van der Waals surface area contributed by atoms with Gasteiger partial charge in [0, 0.05) is 38.2 Å². The van der Waals surface area contributed by atoms with Crippen LogP contribution in [0.15, 0.2) is 12.3 Å². The molecule has 7 nitrogen and oxygen atoms in total. The second-order valence-electron chi connectivity index (χ2n) is 5.63. The maximum Gasteiger partial charge on any atom is 0.223 e. The summed E-state index contributed by atoms with van der Waals surface area (Å²) >= 11 is 0. The van der Waals surface area contributed by atoms with E-state index in [9.17, 15) is 4.79 Å². The summed E-state index contributed by atoms with van der Waals surface area (Å²) in [6.07, 6.45) is 3.52. The van der Waals surface area contributed by atoms with Crippen molar-refractivity contribution < 1.29 is 9.53 Å². The first-order chi connectivity index (χ1) is 11.2. The van der Waals surface area contributed by atoms with Gasteiger partial charge >= 0.3 is 0 Å². The van der Waals surface area contributed by atoms with Gasteiger partial charge in [0.1, 0.15) is 0 Å². The van der Waals surface area contributed by atoms with E-state index >= 15 is 0 Å². The lowest BCUT2D eigenvalue weighted by molar-refractivity contribution is -0.125. The number of amides is 1. The standard InChI is InChI=1S/C16H27N5O2/c1-3-13(4-2)16(22)18-6-5-17-15-11-14(12-19-20-15)21-7-9-23-10-8-21/h11-13H,3-10H2,1-2H3,(H,17,20)(H,18,22). The number of rotatable bonds is 8. The molecule has 23 heavy (non-hydrogen) atoms. The van der Waals surface area contributed by atoms with Crippen molar-refractivity contribution >= 4 is 17.4 Å². The summed E-state index contributed by atoms with van der Waals surface area (Å²) in [6.45, 7) is 8.52. The average molecular weight is 321 g/mol. The molecule has 1 fully saturated rings. The van der Waals surface area contributed by atoms with E-state index in [1.165, 1.54) is 0 Å². The minimum atomic E-state index is 0.111. The molecule has 1 aliphatic heterocycles. The van der Waals surface area contributed by atoms with Crippen molar-refractivity contribution in [2.75, 3.05) is 49.6 Å². The third-order valence-electron chi connectivity index (χ3n) is 4.10. The minimum absolute atomic E-state index is 0.111. The lowest BCUT2D eigenvalue weighted by atomic mass is 10.0. The normalized spacial score (nSPS) is 14.8. The quantitative estimate of drug-likeness (QED) is 0.702. The molecule has 0 aliphatic carbocycles. The third kappa shape index (κ3) is 5.35. The van der Waals surface area contributed by atoms with Crippen LogP contribution in [0.5, 0.6) is 0 Å². The van der Waals surface area contributed by atoms with Crippen molar-refractivity contribution in [3.05, 3.63) is 12.3 Å². The van der Waals surface area contributed by atoms with Gasteiger partial charge < -0.3 is 20.3 Å². The zero-order chi connectivity index (χ0) is 16.5. The molecule has 0 aromatic carbocycles. The number of hydrogen-bond donors (Lipinski definition) is 2. The molecule has 0 spiro atoms. The van der Waals surface area contributed by atoms with Crippen LogP contribution in [0, 0.1) is 5.92 Å². The van der Waals surface area contributed by atoms with Crippen LogP contribution in [0.2, 0.25) is 0 Å². The maximum atomic E-state index is 11.9. The van der Waals surface area contributed by atoms with E-state index in [0.29, 0.717) is 13.1 Å². The van der Waals surface area contributed by atoms with Gasteiger partial charge in [0.25, 0.3) is 0 Å². The van der Waals surface area contributed by atoms with Crippen molar-refractivity contribution in [3.8, 4) is 0 Å². The predicted octanol–water partition coefficient (Wildman–Crippen LogP) is 1.28. The van der Waals surface area contributed by atoms with Gasteiger partial charge in [0.2, 0.25) is 5.91 Å². The van der Waals surface area contributed by atoms with E-state index in [4.69, 9.17) is 4.74 Å². The number of hydrogen-bond acceptors (Lipinski definition) is 6. The molecule has 0 saturated carbocycles. The number of nitrogens with zero attached hydrogens (tertiary/aromatic N) is 3. The van der Waals surface area contributed by atoms with Crippen LogP contribution in [0.25, 0.3) is 0 Å². The third-order valence-corrected chi connectivity index (χ3v) is 4.10. The zero-order valence-electron chi connectivity index (χ0n) is 14.0. The molecule has 1 aliphatic rings. The molecule has 0 radical (unpaired) electrons. The van der Waals surface area contributed by atoms with E-state index in [-0.39, 0.29) is 11.8 Å². The molecule has 1 aromatic heterocycles. The van der Waals surface area contributed by atoms with E-state index in [1.807, 2.05) is 19.9 Å². The largest absolute Gasteiger partial charge is 0.378 e. The molecule has 0 atom stereocenters. The fourth-order valence-electron chi connectivity index (χ4n) is 2.62. The number of ether oxygens (including phenoxy) is 1. The Hall–Kier alpha value is -1.89. The molecule has 1 aromatic rings. The SMILES string of the molecule is CCC(CC)C(=O)NCCNc1cc(N2CCOCC2)cnn1. The smallest absolute Gasteiger partial charge is 0.223 e. The Bertz CT molecular complexity index is 487. The van der Waals surface area contributed by atoms with Gasteiger partial charge in [0.15, 0.2) is 5.82 Å². The number of carbonyl (C=O) groups is 1. The number of carbonyl (C=O) groups excluding carboxylic acids is 1. The van der Waals surface area contributed by atoms with E-state index in [0.717, 1.165) is 50.7 Å². The van der Waals surface area contributed by atoms with Crippen molar-refractivity contribution in [1.82, 2.24) is 15.5 Å². The molecule has 2 heterocycles. The van der Waals surface area contributed by atoms with E-state index in [1.54, 1.807) is 6.20 Å². The van der Waals surface area contributed by atoms with Gasteiger partial charge in [-0.25, -0.2) is 0 Å². The Balaban J connectivity index is 1.76. The predicted molar refractivity (Wildman–Crippen MR) is 90.6 cm³/mol. The molecule has 128 valence electrons. The molecule has 1 saturated heterocycles. The van der Waals surface area contributed by atoms with E-state index < -0.39 is 0 Å². The topological polar surface area (TPSA) is 79.4 Å². The summed E-state index contributed by atoms with van der Waals surface area (Å²) in [4.78, 5) is 14.1. The zero-order valence-corrected chi connectivity index (χ0v) is 14.0. The fourth-order valence-corrected chi connectivity index (χ4v) is 2.62. The van der Waals surface area contributed by atoms with Crippen molar-refractivity contribution in [2.45, 2.75) is 26.7 Å². The summed E-state index contributed by atoms with van der Waals surface area (Å²) < 4.78 is 5.36. The molecular formula is C16H27N5O2. The highest BCUT2D eigenvalue weighted by atomic mass is 16.5. The van der Waals surface area contributed by atoms with Crippen molar-refractivity contribution in [1.29, 1.82) is 0 Å². The van der Waals surface area contributed by atoms with Gasteiger partial charge in [-0.2, -0.15) is 5.10 Å². The van der Waals surface area contributed by atoms with Crippen molar-refractivity contribution in [2.24, 2.45) is 5.92 Å². The Morgan fingerprint density at radius 3 is 2.74 bits per heavy atom. The molecule has 0 unspecified atom stereocenters. The summed E-state index contributed by atoms with van der Waals surface area (Å²) in [5, 5.41) is 14.3. The molecule has 2 N–H and O–H groups in total. The molecule has 0 bridgehead atoms. The second kappa shape index (κ2) is 9.29. The van der Waals surface area contributed by atoms with Crippen LogP contribution < -0.4 is 15.5 Å². The molecule has 7 heteroatoms. The van der Waals surface area contributed by atoms with Crippen LogP contribution in [0.3, 0.4) is 0 Å². The van der Waals surface area contributed by atoms with Gasteiger partial charge in [-0.05, 0) is 12.8 Å². The number of aromatic nitrogens is 2. The lowest BCUT2D eigenvalue weighted by Gasteiger charge is -2.28. The van der Waals surface area contributed by atoms with Crippen LogP contribution in [-0.4, -0.2) is 55.5 Å². The summed E-state index contributed by atoms with van der Waals surface area (Å²) in [5.41, 5.74) is 1.05. The minimum Gasteiger partial charge on any atom is -0.378 e. The van der Waals surface area contributed by atoms with Gasteiger partial charge in [-0.3, -0.25) is 4.79 Å². The number of morpholine rings is 1. The van der Waals surface area contributed by atoms with Crippen LogP contribution in [-0.2, 0) is 9.53 Å². The molecule has 2 rings (SSSR count). The highest BCUT2D eigenvalue weighted by Gasteiger charge is 2.14. The van der Waals surface area contributed by atoms with Gasteiger partial charge in [-0.1, -0.05) is 13.8 Å². The molecular weight excluding hydrogens is 294 g/mol. The van der Waals surface area contributed by atoms with Crippen molar-refractivity contribution in [3.63, 3.8) is 0 Å². The fraction of sp³-hybridized carbons (Fsp3) is 0.688. The Kier molecular flexibility index (Phi) is 7.06. The summed E-state index contributed by atoms with van der Waals surface area (Å²) in [5.74, 6) is 0.968. The van der Waals surface area contributed by atoms with Gasteiger partial charge in [-0.15, -0.1) is 5.10 Å². The molecule has 1 amide bonds. The Labute approximate surface area is 137 Å². The lowest BCUT2D eigenvalue weighted by Crippen LogP contribution is -2.36. The summed E-state index contributed by atoms with van der Waals surface area (Å²) in [7, 11) is 0. The monoisotopic (exact) mass is 321 g/mol. The van der Waals surface area contributed by atoms with Gasteiger partial charge in [0.05, 0.1) is 25.1 Å². The summed E-state index contributed by atoms with van der Waals surface area (Å²) in [6, 6.07) is 1.99. The van der Waals surface area contributed by atoms with Crippen LogP contribution >= 0.6 is 0 Å². The van der Waals surface area contributed by atoms with E-state index in [2.05, 4.69) is 25.7 Å². The maximum absolute atomic E-state index is 11.9. The first-order valence-electron chi connectivity index (χ1n) is 8.41. The highest BCUT2D eigenvalue weighted by Crippen LogP contribution is 2.16. The average Bonchev–Trinajstić information content (AvgIpc) is 2.61. The number of anilines is 2. The second-order valence-corrected chi connectivity index (χ2v) is 5.63.